The highest BCUT2D eigenvalue weighted by Gasteiger charge is 2.46. The van der Waals surface area contributed by atoms with Crippen LogP contribution in [0.1, 0.15) is 76.0 Å². The summed E-state index contributed by atoms with van der Waals surface area (Å²) in [5.74, 6) is -4.09. The van der Waals surface area contributed by atoms with E-state index in [-0.39, 0.29) is 52.0 Å². The summed E-state index contributed by atoms with van der Waals surface area (Å²) in [4.78, 5) is 77.7. The van der Waals surface area contributed by atoms with Gasteiger partial charge in [0.05, 0.1) is 0 Å². The molecule has 15 heteroatoms. The third kappa shape index (κ3) is 17.2. The Morgan fingerprint density at radius 1 is 0.649 bits per heavy atom. The van der Waals surface area contributed by atoms with Gasteiger partial charge in [-0.15, -0.1) is 0 Å². The average molecular weight is 790 g/mol. The number of unbranched alkanes of at least 4 members (excludes halogenated alkanes) is 2. The second-order valence-corrected chi connectivity index (χ2v) is 14.5. The molecule has 0 aliphatic carbocycles. The minimum atomic E-state index is -2.24. The van der Waals surface area contributed by atoms with Crippen LogP contribution in [0.2, 0.25) is 0 Å². The molecule has 0 aliphatic rings. The first-order chi connectivity index (χ1) is 27.2. The summed E-state index contributed by atoms with van der Waals surface area (Å²) in [6, 6.07) is 24.4. The van der Waals surface area contributed by atoms with E-state index < -0.39 is 59.2 Å². The fourth-order valence-corrected chi connectivity index (χ4v) is 5.48. The molecule has 3 rings (SSSR count). The smallest absolute Gasteiger partial charge is 0.407 e. The number of rotatable bonds is 22. The lowest BCUT2D eigenvalue weighted by Gasteiger charge is -2.32. The fourth-order valence-electron chi connectivity index (χ4n) is 5.48. The Morgan fingerprint density at radius 3 is 1.60 bits per heavy atom. The number of carbonyl (C=O) groups is 6. The molecule has 0 radical (unpaired) electrons. The van der Waals surface area contributed by atoms with Crippen molar-refractivity contribution in [2.24, 2.45) is 5.73 Å². The van der Waals surface area contributed by atoms with Crippen LogP contribution in [0.25, 0.3) is 0 Å². The number of esters is 1. The molecule has 3 aromatic rings. The lowest BCUT2D eigenvalue weighted by molar-refractivity contribution is -0.165. The molecule has 0 fully saturated rings. The van der Waals surface area contributed by atoms with Crippen LogP contribution in [-0.4, -0.2) is 77.4 Å². The molecular formula is C42H55N5O10. The summed E-state index contributed by atoms with van der Waals surface area (Å²) in [7, 11) is 0. The zero-order valence-electron chi connectivity index (χ0n) is 32.8. The van der Waals surface area contributed by atoms with Gasteiger partial charge in [-0.3, -0.25) is 9.59 Å². The van der Waals surface area contributed by atoms with Crippen LogP contribution in [0.4, 0.5) is 9.59 Å². The van der Waals surface area contributed by atoms with Gasteiger partial charge in [-0.25, -0.2) is 19.2 Å². The maximum Gasteiger partial charge on any atom is 0.407 e. The molecular weight excluding hydrogens is 734 g/mol. The van der Waals surface area contributed by atoms with Crippen LogP contribution in [0, 0.1) is 0 Å². The van der Waals surface area contributed by atoms with Crippen molar-refractivity contribution in [1.82, 2.24) is 21.3 Å². The van der Waals surface area contributed by atoms with Crippen molar-refractivity contribution in [2.45, 2.75) is 102 Å². The van der Waals surface area contributed by atoms with Crippen molar-refractivity contribution >= 4 is 35.9 Å². The number of amides is 4. The Labute approximate surface area is 333 Å². The molecule has 0 spiro atoms. The number of aliphatic carboxylic acids is 1. The van der Waals surface area contributed by atoms with Crippen molar-refractivity contribution in [2.75, 3.05) is 13.1 Å². The minimum absolute atomic E-state index is 0.0282. The Kier molecular flexibility index (Phi) is 18.5. The summed E-state index contributed by atoms with van der Waals surface area (Å²) < 4.78 is 15.9. The summed E-state index contributed by atoms with van der Waals surface area (Å²) in [6.07, 6.45) is -0.185. The summed E-state index contributed by atoms with van der Waals surface area (Å²) >= 11 is 0. The van der Waals surface area contributed by atoms with Crippen molar-refractivity contribution in [1.29, 1.82) is 0 Å². The molecule has 0 saturated heterocycles. The number of alkyl carbamates (subject to hydrolysis) is 2. The van der Waals surface area contributed by atoms with Gasteiger partial charge in [0.25, 0.3) is 5.91 Å². The number of nitrogens with one attached hydrogen (secondary N) is 4. The first-order valence-electron chi connectivity index (χ1n) is 19.0. The van der Waals surface area contributed by atoms with Crippen LogP contribution in [-0.2, 0) is 53.0 Å². The predicted octanol–water partition coefficient (Wildman–Crippen LogP) is 4.52. The molecule has 15 nitrogen and oxygen atoms in total. The largest absolute Gasteiger partial charge is 0.480 e. The maximum atomic E-state index is 14.0. The van der Waals surface area contributed by atoms with E-state index in [1.165, 1.54) is 0 Å². The van der Waals surface area contributed by atoms with Gasteiger partial charge in [0, 0.05) is 19.5 Å². The van der Waals surface area contributed by atoms with Crippen LogP contribution in [0.5, 0.6) is 0 Å². The number of hydrogen-bond acceptors (Lipinski definition) is 10. The highest BCUT2D eigenvalue weighted by atomic mass is 16.6. The zero-order valence-corrected chi connectivity index (χ0v) is 32.8. The number of carboxylic acids is 1. The SMILES string of the molecule is CC(C)(C)OC(=O)[C@](N)(CCCCNC(=O)OCc1ccccc1)C(=O)N[C@@H](Cc1ccccc1)C(=O)N[C@@H](CCCCNC(=O)OCc1ccccc1)C(=O)O. The molecule has 3 aromatic carbocycles. The number of carbonyl (C=O) groups excluding carboxylic acids is 5. The van der Waals surface area contributed by atoms with Crippen molar-refractivity contribution in [3.63, 3.8) is 0 Å². The van der Waals surface area contributed by atoms with E-state index in [9.17, 15) is 33.9 Å². The summed E-state index contributed by atoms with van der Waals surface area (Å²) in [5, 5.41) is 20.3. The van der Waals surface area contributed by atoms with Gasteiger partial charge in [0.15, 0.2) is 5.54 Å². The minimum Gasteiger partial charge on any atom is -0.480 e. The number of carboxylic acid groups (broad SMARTS) is 1. The average Bonchev–Trinajstić information content (AvgIpc) is 3.18. The fraction of sp³-hybridized carbons (Fsp3) is 0.429. The highest BCUT2D eigenvalue weighted by Crippen LogP contribution is 2.20. The van der Waals surface area contributed by atoms with Crippen LogP contribution in [0.3, 0.4) is 0 Å². The molecule has 3 atom stereocenters. The molecule has 0 aliphatic heterocycles. The third-order valence-electron chi connectivity index (χ3n) is 8.57. The second kappa shape index (κ2) is 23.2. The predicted molar refractivity (Wildman–Crippen MR) is 211 cm³/mol. The zero-order chi connectivity index (χ0) is 41.7. The van der Waals surface area contributed by atoms with Gasteiger partial charge in [0.2, 0.25) is 5.91 Å². The van der Waals surface area contributed by atoms with E-state index in [2.05, 4.69) is 21.3 Å². The quantitative estimate of drug-likeness (QED) is 0.0359. The van der Waals surface area contributed by atoms with E-state index in [1.807, 2.05) is 60.7 Å². The molecule has 0 bridgehead atoms. The van der Waals surface area contributed by atoms with Gasteiger partial charge >= 0.3 is 24.1 Å². The molecule has 0 unspecified atom stereocenters. The van der Waals surface area contributed by atoms with E-state index >= 15 is 0 Å². The van der Waals surface area contributed by atoms with Gasteiger partial charge in [0.1, 0.15) is 30.9 Å². The topological polar surface area (TPSA) is 224 Å². The monoisotopic (exact) mass is 789 g/mol. The lowest BCUT2D eigenvalue weighted by atomic mass is 9.91. The summed E-state index contributed by atoms with van der Waals surface area (Å²) in [6.45, 7) is 5.46. The van der Waals surface area contributed by atoms with E-state index in [0.29, 0.717) is 24.8 Å². The number of nitrogens with two attached hydrogens (primary N) is 1. The standard InChI is InChI=1S/C42H55N5O10/c1-41(2,3)57-38(52)42(43,24-14-16-26-45-40(54)56-29-32-21-11-6-12-22-32)37(51)47-34(27-30-17-7-4-8-18-30)35(48)46-33(36(49)50)23-13-15-25-44-39(53)55-28-31-19-9-5-10-20-31/h4-12,17-22,33-34H,13-16,23-29,43H2,1-3H3,(H,44,53)(H,45,54)(H,46,48)(H,47,51)(H,49,50)/t33-,34-,42-/m0/s1. The molecule has 308 valence electrons. The lowest BCUT2D eigenvalue weighted by Crippen LogP contribution is -2.64. The number of hydrogen-bond donors (Lipinski definition) is 6. The maximum absolute atomic E-state index is 14.0. The Bertz CT molecular complexity index is 1740. The highest BCUT2D eigenvalue weighted by molar-refractivity contribution is 6.08. The normalized spacial score (nSPS) is 13.1. The third-order valence-corrected chi connectivity index (χ3v) is 8.57. The van der Waals surface area contributed by atoms with E-state index in [4.69, 9.17) is 19.9 Å². The number of benzene rings is 3. The van der Waals surface area contributed by atoms with Crippen LogP contribution >= 0.6 is 0 Å². The molecule has 0 saturated carbocycles. The molecule has 0 heterocycles. The van der Waals surface area contributed by atoms with Gasteiger partial charge in [-0.1, -0.05) is 91.0 Å². The second-order valence-electron chi connectivity index (χ2n) is 14.5. The van der Waals surface area contributed by atoms with E-state index in [1.54, 1.807) is 51.1 Å². The van der Waals surface area contributed by atoms with Gasteiger partial charge < -0.3 is 46.3 Å². The number of ether oxygens (including phenoxy) is 3. The van der Waals surface area contributed by atoms with Crippen LogP contribution < -0.4 is 27.0 Å². The van der Waals surface area contributed by atoms with Crippen molar-refractivity contribution in [3.05, 3.63) is 108 Å². The van der Waals surface area contributed by atoms with E-state index in [0.717, 1.165) is 11.1 Å². The molecule has 0 aromatic heterocycles. The Balaban J connectivity index is 1.61. The summed E-state index contributed by atoms with van der Waals surface area (Å²) in [5.41, 5.74) is 5.61. The first-order valence-corrected chi connectivity index (χ1v) is 19.0. The van der Waals surface area contributed by atoms with Gasteiger partial charge in [-0.05, 0) is 76.0 Å². The molecule has 57 heavy (non-hydrogen) atoms. The van der Waals surface area contributed by atoms with Crippen molar-refractivity contribution < 1.29 is 48.1 Å². The van der Waals surface area contributed by atoms with Crippen molar-refractivity contribution in [3.8, 4) is 0 Å². The van der Waals surface area contributed by atoms with Crippen LogP contribution in [0.15, 0.2) is 91.0 Å². The Morgan fingerprint density at radius 2 is 1.12 bits per heavy atom. The molecule has 7 N–H and O–H groups in total. The van der Waals surface area contributed by atoms with Gasteiger partial charge in [-0.2, -0.15) is 0 Å². The first kappa shape index (κ1) is 45.4. The Hall–Kier alpha value is -5.96. The molecule has 4 amide bonds.